The fraction of sp³-hybridized carbons (Fsp3) is 0.333. The number of nitrogens with one attached hydrogen (secondary N) is 1. The molecule has 1 aliphatic rings. The summed E-state index contributed by atoms with van der Waals surface area (Å²) in [4.78, 5) is 16.4. The summed E-state index contributed by atoms with van der Waals surface area (Å²) in [5, 5.41) is 3.16. The molecule has 2 aromatic rings. The smallest absolute Gasteiger partial charge is 0.263 e. The number of alkyl halides is 2. The summed E-state index contributed by atoms with van der Waals surface area (Å²) in [6.07, 6.45) is 1.05. The summed E-state index contributed by atoms with van der Waals surface area (Å²) >= 11 is 1.14. The number of amides is 1. The minimum atomic E-state index is -2.67. The van der Waals surface area contributed by atoms with E-state index in [0.717, 1.165) is 11.3 Å². The van der Waals surface area contributed by atoms with E-state index in [1.54, 1.807) is 18.2 Å². The molecule has 3 nitrogen and oxygen atoms in total. The first-order valence-corrected chi connectivity index (χ1v) is 7.61. The lowest BCUT2D eigenvalue weighted by Gasteiger charge is -2.35. The number of halogens is 3. The first-order chi connectivity index (χ1) is 10.4. The number of carbonyl (C=O) groups excluding carboxylic acids is 1. The van der Waals surface area contributed by atoms with Crippen LogP contribution in [0.5, 0.6) is 0 Å². The molecule has 0 aliphatic heterocycles. The Morgan fingerprint density at radius 3 is 2.77 bits per heavy atom. The summed E-state index contributed by atoms with van der Waals surface area (Å²) in [6, 6.07) is 5.88. The standard InChI is InChI=1S/C15H13F3N2OS/c16-11-4-2-1-3-9(11)5-13-19-8-12(22-13)14(21)20-10-6-15(17,18)7-10/h1-4,8,10H,5-7H2,(H,20,21). The van der Waals surface area contributed by atoms with Gasteiger partial charge >= 0.3 is 0 Å². The van der Waals surface area contributed by atoms with Crippen molar-refractivity contribution in [3.05, 3.63) is 51.7 Å². The molecule has 0 bridgehead atoms. The van der Waals surface area contributed by atoms with Crippen LogP contribution in [0.4, 0.5) is 13.2 Å². The number of hydrogen-bond donors (Lipinski definition) is 1. The van der Waals surface area contributed by atoms with Gasteiger partial charge in [-0.15, -0.1) is 11.3 Å². The molecule has 1 aromatic heterocycles. The minimum absolute atomic E-state index is 0.298. The second-order valence-electron chi connectivity index (χ2n) is 5.32. The van der Waals surface area contributed by atoms with Gasteiger partial charge in [-0.1, -0.05) is 18.2 Å². The zero-order valence-corrected chi connectivity index (χ0v) is 12.3. The fourth-order valence-electron chi connectivity index (χ4n) is 2.32. The lowest BCUT2D eigenvalue weighted by Crippen LogP contribution is -2.50. The van der Waals surface area contributed by atoms with Crippen LogP contribution in [0.1, 0.15) is 33.1 Å². The molecule has 7 heteroatoms. The topological polar surface area (TPSA) is 42.0 Å². The Morgan fingerprint density at radius 2 is 2.09 bits per heavy atom. The van der Waals surface area contributed by atoms with E-state index < -0.39 is 17.9 Å². The van der Waals surface area contributed by atoms with Crippen molar-refractivity contribution in [3.63, 3.8) is 0 Å². The van der Waals surface area contributed by atoms with Gasteiger partial charge < -0.3 is 5.32 Å². The molecule has 3 rings (SSSR count). The van der Waals surface area contributed by atoms with Gasteiger partial charge in [0.2, 0.25) is 0 Å². The monoisotopic (exact) mass is 326 g/mol. The van der Waals surface area contributed by atoms with Crippen molar-refractivity contribution in [3.8, 4) is 0 Å². The van der Waals surface area contributed by atoms with Crippen molar-refractivity contribution in [2.45, 2.75) is 31.2 Å². The summed E-state index contributed by atoms with van der Waals surface area (Å²) < 4.78 is 39.0. The van der Waals surface area contributed by atoms with Crippen molar-refractivity contribution < 1.29 is 18.0 Å². The molecule has 1 heterocycles. The number of thiazole rings is 1. The second kappa shape index (κ2) is 5.72. The first kappa shape index (κ1) is 15.0. The number of carbonyl (C=O) groups is 1. The Kier molecular flexibility index (Phi) is 3.90. The molecule has 1 saturated carbocycles. The van der Waals surface area contributed by atoms with Crippen LogP contribution in [-0.2, 0) is 6.42 Å². The van der Waals surface area contributed by atoms with Gasteiger partial charge in [0.25, 0.3) is 11.8 Å². The normalized spacial score (nSPS) is 17.0. The highest BCUT2D eigenvalue weighted by Crippen LogP contribution is 2.37. The van der Waals surface area contributed by atoms with Crippen LogP contribution in [-0.4, -0.2) is 22.9 Å². The molecular formula is C15H13F3N2OS. The van der Waals surface area contributed by atoms with Gasteiger partial charge in [0.1, 0.15) is 10.7 Å². The lowest BCUT2D eigenvalue weighted by molar-refractivity contribution is -0.0901. The molecule has 1 aliphatic carbocycles. The van der Waals surface area contributed by atoms with E-state index in [0.29, 0.717) is 21.9 Å². The van der Waals surface area contributed by atoms with E-state index in [9.17, 15) is 18.0 Å². The van der Waals surface area contributed by atoms with Gasteiger partial charge in [0.05, 0.1) is 11.2 Å². The van der Waals surface area contributed by atoms with Gasteiger partial charge in [-0.3, -0.25) is 4.79 Å². The number of benzene rings is 1. The largest absolute Gasteiger partial charge is 0.348 e. The van der Waals surface area contributed by atoms with Crippen molar-refractivity contribution in [1.82, 2.24) is 10.3 Å². The number of aromatic nitrogens is 1. The predicted octanol–water partition coefficient (Wildman–Crippen LogP) is 3.40. The van der Waals surface area contributed by atoms with E-state index in [2.05, 4.69) is 10.3 Å². The number of hydrogen-bond acceptors (Lipinski definition) is 3. The average Bonchev–Trinajstić information content (AvgIpc) is 2.88. The van der Waals surface area contributed by atoms with Crippen molar-refractivity contribution in [2.75, 3.05) is 0 Å². The molecule has 1 aromatic carbocycles. The Bertz CT molecular complexity index is 694. The zero-order chi connectivity index (χ0) is 15.7. The Morgan fingerprint density at radius 1 is 1.36 bits per heavy atom. The van der Waals surface area contributed by atoms with Crippen LogP contribution in [0.2, 0.25) is 0 Å². The molecule has 1 amide bonds. The summed E-state index contributed by atoms with van der Waals surface area (Å²) in [5.41, 5.74) is 0.502. The lowest BCUT2D eigenvalue weighted by atomic mass is 9.88. The zero-order valence-electron chi connectivity index (χ0n) is 11.5. The van der Waals surface area contributed by atoms with Crippen LogP contribution in [0.15, 0.2) is 30.5 Å². The molecule has 0 atom stereocenters. The highest BCUT2D eigenvalue weighted by molar-refractivity contribution is 7.13. The van der Waals surface area contributed by atoms with E-state index in [4.69, 9.17) is 0 Å². The number of rotatable bonds is 4. The molecule has 1 N–H and O–H groups in total. The van der Waals surface area contributed by atoms with Gasteiger partial charge in [-0.25, -0.2) is 18.2 Å². The van der Waals surface area contributed by atoms with Crippen LogP contribution in [0.25, 0.3) is 0 Å². The summed E-state index contributed by atoms with van der Waals surface area (Å²) in [6.45, 7) is 0. The molecule has 116 valence electrons. The molecule has 0 spiro atoms. The quantitative estimate of drug-likeness (QED) is 0.936. The minimum Gasteiger partial charge on any atom is -0.348 e. The third kappa shape index (κ3) is 3.30. The molecular weight excluding hydrogens is 313 g/mol. The van der Waals surface area contributed by atoms with E-state index in [-0.39, 0.29) is 18.7 Å². The molecule has 0 saturated heterocycles. The Balaban J connectivity index is 1.61. The first-order valence-electron chi connectivity index (χ1n) is 6.80. The maximum absolute atomic E-state index is 13.6. The highest BCUT2D eigenvalue weighted by Gasteiger charge is 2.46. The average molecular weight is 326 g/mol. The summed E-state index contributed by atoms with van der Waals surface area (Å²) in [5.74, 6) is -3.39. The third-order valence-electron chi connectivity index (χ3n) is 3.50. The highest BCUT2D eigenvalue weighted by atomic mass is 32.1. The van der Waals surface area contributed by atoms with Gasteiger partial charge in [0, 0.05) is 25.3 Å². The van der Waals surface area contributed by atoms with Crippen LogP contribution < -0.4 is 5.32 Å². The fourth-order valence-corrected chi connectivity index (χ4v) is 3.17. The third-order valence-corrected chi connectivity index (χ3v) is 4.50. The Labute approximate surface area is 129 Å². The SMILES string of the molecule is O=C(NC1CC(F)(F)C1)c1cnc(Cc2ccccc2F)s1. The van der Waals surface area contributed by atoms with Crippen molar-refractivity contribution >= 4 is 17.2 Å². The van der Waals surface area contributed by atoms with Crippen LogP contribution in [0, 0.1) is 5.82 Å². The van der Waals surface area contributed by atoms with Crippen molar-refractivity contribution in [2.24, 2.45) is 0 Å². The maximum atomic E-state index is 13.6. The van der Waals surface area contributed by atoms with Crippen LogP contribution >= 0.6 is 11.3 Å². The van der Waals surface area contributed by atoms with E-state index >= 15 is 0 Å². The molecule has 0 unspecified atom stereocenters. The molecule has 1 fully saturated rings. The van der Waals surface area contributed by atoms with Gasteiger partial charge in [0.15, 0.2) is 0 Å². The van der Waals surface area contributed by atoms with Gasteiger partial charge in [-0.2, -0.15) is 0 Å². The van der Waals surface area contributed by atoms with E-state index in [1.165, 1.54) is 12.3 Å². The van der Waals surface area contributed by atoms with Crippen molar-refractivity contribution in [1.29, 1.82) is 0 Å². The van der Waals surface area contributed by atoms with Gasteiger partial charge in [-0.05, 0) is 11.6 Å². The van der Waals surface area contributed by atoms with Crippen LogP contribution in [0.3, 0.4) is 0 Å². The predicted molar refractivity (Wildman–Crippen MR) is 76.8 cm³/mol. The molecule has 22 heavy (non-hydrogen) atoms. The second-order valence-corrected chi connectivity index (χ2v) is 6.44. The summed E-state index contributed by atoms with van der Waals surface area (Å²) in [7, 11) is 0. The maximum Gasteiger partial charge on any atom is 0.263 e. The van der Waals surface area contributed by atoms with E-state index in [1.807, 2.05) is 0 Å². The number of nitrogens with zero attached hydrogens (tertiary/aromatic N) is 1. The Hall–Kier alpha value is -1.89. The molecule has 0 radical (unpaired) electrons.